The first kappa shape index (κ1) is 12.9. The minimum absolute atomic E-state index is 0.0976. The zero-order valence-electron chi connectivity index (χ0n) is 10.9. The van der Waals surface area contributed by atoms with Gasteiger partial charge in [0.25, 0.3) is 5.91 Å². The van der Waals surface area contributed by atoms with Crippen molar-refractivity contribution < 1.29 is 9.53 Å². The van der Waals surface area contributed by atoms with Crippen LogP contribution in [0, 0.1) is 6.92 Å². The first-order chi connectivity index (χ1) is 8.63. The Morgan fingerprint density at radius 3 is 2.89 bits per heavy atom. The number of methoxy groups -OCH3 is 1. The van der Waals surface area contributed by atoms with Crippen molar-refractivity contribution in [1.29, 1.82) is 0 Å². The molecule has 0 saturated heterocycles. The molecule has 1 fully saturated rings. The average molecular weight is 248 g/mol. The molecular weight excluding hydrogens is 228 g/mol. The second kappa shape index (κ2) is 5.40. The molecule has 0 bridgehead atoms. The summed E-state index contributed by atoms with van der Waals surface area (Å²) in [6, 6.07) is 5.61. The van der Waals surface area contributed by atoms with Crippen molar-refractivity contribution in [3.8, 4) is 0 Å². The minimum atomic E-state index is -0.0976. The third-order valence-electron chi connectivity index (χ3n) is 3.60. The van der Waals surface area contributed by atoms with Crippen LogP contribution in [-0.2, 0) is 4.74 Å². The number of hydrogen-bond donors (Lipinski definition) is 2. The summed E-state index contributed by atoms with van der Waals surface area (Å²) in [6.07, 6.45) is 3.19. The van der Waals surface area contributed by atoms with Gasteiger partial charge in [-0.2, -0.15) is 0 Å². The molecule has 4 nitrogen and oxygen atoms in total. The smallest absolute Gasteiger partial charge is 0.253 e. The third-order valence-corrected chi connectivity index (χ3v) is 3.60. The van der Waals surface area contributed by atoms with Crippen molar-refractivity contribution >= 4 is 11.6 Å². The Hall–Kier alpha value is -1.55. The Morgan fingerprint density at radius 2 is 2.22 bits per heavy atom. The van der Waals surface area contributed by atoms with Gasteiger partial charge in [0.15, 0.2) is 0 Å². The highest BCUT2D eigenvalue weighted by atomic mass is 16.5. The Morgan fingerprint density at radius 1 is 1.44 bits per heavy atom. The molecule has 3 N–H and O–H groups in total. The summed E-state index contributed by atoms with van der Waals surface area (Å²) in [5.74, 6) is -0.0976. The highest BCUT2D eigenvalue weighted by Gasteiger charge is 2.29. The molecule has 1 aliphatic carbocycles. The average Bonchev–Trinajstić information content (AvgIpc) is 2.76. The molecule has 1 amide bonds. The van der Waals surface area contributed by atoms with Crippen LogP contribution in [-0.4, -0.2) is 25.2 Å². The van der Waals surface area contributed by atoms with Gasteiger partial charge < -0.3 is 15.8 Å². The van der Waals surface area contributed by atoms with Gasteiger partial charge in [-0.05, 0) is 37.8 Å². The van der Waals surface area contributed by atoms with E-state index >= 15 is 0 Å². The van der Waals surface area contributed by atoms with E-state index in [0.29, 0.717) is 11.3 Å². The van der Waals surface area contributed by atoms with Crippen LogP contribution in [0.2, 0.25) is 0 Å². The molecule has 0 radical (unpaired) electrons. The molecule has 1 saturated carbocycles. The standard InChI is InChI=1S/C14H20N2O2/c1-9-5-3-6-10(15)13(9)14(17)16-11-7-4-8-12(11)18-2/h3,5-6,11-12H,4,7-8,15H2,1-2H3,(H,16,17). The highest BCUT2D eigenvalue weighted by molar-refractivity contribution is 6.00. The Labute approximate surface area is 108 Å². The molecule has 1 aromatic carbocycles. The maximum absolute atomic E-state index is 12.3. The molecule has 0 heterocycles. The summed E-state index contributed by atoms with van der Waals surface area (Å²) in [6.45, 7) is 1.90. The molecule has 4 heteroatoms. The fraction of sp³-hybridized carbons (Fsp3) is 0.500. The van der Waals surface area contributed by atoms with Crippen LogP contribution >= 0.6 is 0 Å². The summed E-state index contributed by atoms with van der Waals surface area (Å²) < 4.78 is 5.38. The summed E-state index contributed by atoms with van der Waals surface area (Å²) in [5.41, 5.74) is 7.88. The van der Waals surface area contributed by atoms with Gasteiger partial charge in [0.1, 0.15) is 0 Å². The molecular formula is C14H20N2O2. The topological polar surface area (TPSA) is 64.3 Å². The lowest BCUT2D eigenvalue weighted by atomic mass is 10.1. The Kier molecular flexibility index (Phi) is 3.87. The first-order valence-electron chi connectivity index (χ1n) is 6.32. The van der Waals surface area contributed by atoms with Crippen LogP contribution in [0.4, 0.5) is 5.69 Å². The zero-order chi connectivity index (χ0) is 13.1. The predicted octanol–water partition coefficient (Wildman–Crippen LogP) is 1.87. The van der Waals surface area contributed by atoms with Crippen molar-refractivity contribution in [3.63, 3.8) is 0 Å². The lowest BCUT2D eigenvalue weighted by Crippen LogP contribution is -2.41. The number of anilines is 1. The van der Waals surface area contributed by atoms with Gasteiger partial charge in [0, 0.05) is 12.8 Å². The molecule has 1 aliphatic rings. The van der Waals surface area contributed by atoms with E-state index in [0.717, 1.165) is 24.8 Å². The number of hydrogen-bond acceptors (Lipinski definition) is 3. The summed E-state index contributed by atoms with van der Waals surface area (Å²) in [4.78, 5) is 12.3. The molecule has 98 valence electrons. The fourth-order valence-electron chi connectivity index (χ4n) is 2.61. The Bertz CT molecular complexity index is 425. The van der Waals surface area contributed by atoms with Gasteiger partial charge in [0.2, 0.25) is 0 Å². The van der Waals surface area contributed by atoms with E-state index in [2.05, 4.69) is 5.32 Å². The number of aryl methyl sites for hydroxylation is 1. The van der Waals surface area contributed by atoms with E-state index in [1.807, 2.05) is 19.1 Å². The van der Waals surface area contributed by atoms with Crippen molar-refractivity contribution in [3.05, 3.63) is 29.3 Å². The van der Waals surface area contributed by atoms with Crippen molar-refractivity contribution in [2.75, 3.05) is 12.8 Å². The van der Waals surface area contributed by atoms with E-state index in [4.69, 9.17) is 10.5 Å². The number of carbonyl (C=O) groups is 1. The number of carbonyl (C=O) groups excluding carboxylic acids is 1. The van der Waals surface area contributed by atoms with Gasteiger partial charge in [-0.1, -0.05) is 12.1 Å². The van der Waals surface area contributed by atoms with Crippen molar-refractivity contribution in [1.82, 2.24) is 5.32 Å². The lowest BCUT2D eigenvalue weighted by molar-refractivity contribution is 0.0722. The van der Waals surface area contributed by atoms with Crippen LogP contribution in [0.25, 0.3) is 0 Å². The summed E-state index contributed by atoms with van der Waals surface area (Å²) in [5, 5.41) is 3.03. The molecule has 2 unspecified atom stereocenters. The van der Waals surface area contributed by atoms with Crippen LogP contribution < -0.4 is 11.1 Å². The maximum atomic E-state index is 12.3. The summed E-state index contributed by atoms with van der Waals surface area (Å²) >= 11 is 0. The lowest BCUT2D eigenvalue weighted by Gasteiger charge is -2.20. The van der Waals surface area contributed by atoms with E-state index in [-0.39, 0.29) is 18.1 Å². The van der Waals surface area contributed by atoms with Crippen LogP contribution in [0.3, 0.4) is 0 Å². The van der Waals surface area contributed by atoms with Crippen molar-refractivity contribution in [2.24, 2.45) is 0 Å². The predicted molar refractivity (Wildman–Crippen MR) is 71.5 cm³/mol. The van der Waals surface area contributed by atoms with E-state index in [9.17, 15) is 4.79 Å². The van der Waals surface area contributed by atoms with E-state index < -0.39 is 0 Å². The quantitative estimate of drug-likeness (QED) is 0.803. The number of nitrogens with two attached hydrogens (primary N) is 1. The first-order valence-corrected chi connectivity index (χ1v) is 6.32. The van der Waals surface area contributed by atoms with Crippen LogP contribution in [0.1, 0.15) is 35.2 Å². The minimum Gasteiger partial charge on any atom is -0.398 e. The number of amides is 1. The maximum Gasteiger partial charge on any atom is 0.253 e. The van der Waals surface area contributed by atoms with Gasteiger partial charge in [-0.15, -0.1) is 0 Å². The number of nitrogen functional groups attached to an aromatic ring is 1. The highest BCUT2D eigenvalue weighted by Crippen LogP contribution is 2.23. The molecule has 18 heavy (non-hydrogen) atoms. The molecule has 0 aromatic heterocycles. The van der Waals surface area contributed by atoms with Crippen LogP contribution in [0.5, 0.6) is 0 Å². The number of rotatable bonds is 3. The molecule has 1 aromatic rings. The van der Waals surface area contributed by atoms with Crippen molar-refractivity contribution in [2.45, 2.75) is 38.3 Å². The molecule has 2 atom stereocenters. The molecule has 2 rings (SSSR count). The molecule has 0 aliphatic heterocycles. The van der Waals surface area contributed by atoms with Gasteiger partial charge in [-0.3, -0.25) is 4.79 Å². The monoisotopic (exact) mass is 248 g/mol. The Balaban J connectivity index is 2.12. The number of benzene rings is 1. The van der Waals surface area contributed by atoms with Gasteiger partial charge in [0.05, 0.1) is 17.7 Å². The normalized spacial score (nSPS) is 23.0. The number of nitrogens with one attached hydrogen (secondary N) is 1. The van der Waals surface area contributed by atoms with Gasteiger partial charge >= 0.3 is 0 Å². The second-order valence-electron chi connectivity index (χ2n) is 4.82. The van der Waals surface area contributed by atoms with E-state index in [1.54, 1.807) is 13.2 Å². The number of ether oxygens (including phenoxy) is 1. The largest absolute Gasteiger partial charge is 0.398 e. The SMILES string of the molecule is COC1CCCC1NC(=O)c1c(C)cccc1N. The summed E-state index contributed by atoms with van der Waals surface area (Å²) in [7, 11) is 1.69. The van der Waals surface area contributed by atoms with Gasteiger partial charge in [-0.25, -0.2) is 0 Å². The van der Waals surface area contributed by atoms with E-state index in [1.165, 1.54) is 0 Å². The zero-order valence-corrected chi connectivity index (χ0v) is 10.9. The third kappa shape index (κ3) is 2.48. The second-order valence-corrected chi connectivity index (χ2v) is 4.82. The molecule has 0 spiro atoms. The fourth-order valence-corrected chi connectivity index (χ4v) is 2.61. The van der Waals surface area contributed by atoms with Crippen LogP contribution in [0.15, 0.2) is 18.2 Å².